The van der Waals surface area contributed by atoms with E-state index in [9.17, 15) is 4.91 Å². The predicted molar refractivity (Wildman–Crippen MR) is 56.6 cm³/mol. The summed E-state index contributed by atoms with van der Waals surface area (Å²) in [7, 11) is 0. The zero-order valence-corrected chi connectivity index (χ0v) is 7.90. The molecule has 2 rings (SSSR count). The second-order valence-electron chi connectivity index (χ2n) is 3.10. The third-order valence-corrected chi connectivity index (χ3v) is 2.22. The van der Waals surface area contributed by atoms with E-state index in [0.717, 1.165) is 17.5 Å². The Bertz CT molecular complexity index is 480. The van der Waals surface area contributed by atoms with Gasteiger partial charge in [-0.2, -0.15) is 0 Å². The highest BCUT2D eigenvalue weighted by atomic mass is 16.3. The van der Waals surface area contributed by atoms with Crippen LogP contribution >= 0.6 is 0 Å². The molecule has 0 saturated carbocycles. The van der Waals surface area contributed by atoms with E-state index in [-0.39, 0.29) is 0 Å². The average molecular weight is 186 g/mol. The Kier molecular flexibility index (Phi) is 2.23. The molecule has 70 valence electrons. The Hall–Kier alpha value is -1.77. The molecule has 14 heavy (non-hydrogen) atoms. The van der Waals surface area contributed by atoms with E-state index < -0.39 is 0 Å². The maximum absolute atomic E-state index is 10.5. The molecule has 1 aromatic heterocycles. The van der Waals surface area contributed by atoms with Gasteiger partial charge in [-0.1, -0.05) is 25.1 Å². The second-order valence-corrected chi connectivity index (χ2v) is 3.10. The summed E-state index contributed by atoms with van der Waals surface area (Å²) in [5, 5.41) is 3.92. The van der Waals surface area contributed by atoms with E-state index in [4.69, 9.17) is 0 Å². The lowest BCUT2D eigenvalue weighted by Crippen LogP contribution is -1.87. The summed E-state index contributed by atoms with van der Waals surface area (Å²) in [6.45, 7) is 2.03. The molecule has 2 aromatic rings. The smallest absolute Gasteiger partial charge is 0.134 e. The lowest BCUT2D eigenvalue weighted by atomic mass is 10.1. The lowest BCUT2D eigenvalue weighted by molar-refractivity contribution is 1.06. The Balaban J connectivity index is 2.76. The van der Waals surface area contributed by atoms with Crippen LogP contribution in [0.3, 0.4) is 0 Å². The standard InChI is InChI=1S/C11H10N2O/c1-2-9-7-6-8-4-3-5-10(13-14)11(8)12-9/h3-7H,2H2,1H3. The molecule has 0 aliphatic carbocycles. The van der Waals surface area contributed by atoms with Crippen LogP contribution in [0, 0.1) is 4.91 Å². The number of hydrogen-bond acceptors (Lipinski definition) is 3. The lowest BCUT2D eigenvalue weighted by Gasteiger charge is -2.01. The second kappa shape index (κ2) is 3.54. The van der Waals surface area contributed by atoms with Gasteiger partial charge in [0.15, 0.2) is 0 Å². The van der Waals surface area contributed by atoms with E-state index in [1.807, 2.05) is 31.2 Å². The van der Waals surface area contributed by atoms with Crippen LogP contribution < -0.4 is 0 Å². The van der Waals surface area contributed by atoms with Crippen molar-refractivity contribution in [2.75, 3.05) is 0 Å². The quantitative estimate of drug-likeness (QED) is 0.676. The minimum absolute atomic E-state index is 0.415. The van der Waals surface area contributed by atoms with Crippen LogP contribution in [0.15, 0.2) is 35.5 Å². The number of nitrogens with zero attached hydrogens (tertiary/aromatic N) is 2. The molecule has 0 spiro atoms. The van der Waals surface area contributed by atoms with Gasteiger partial charge in [0.25, 0.3) is 0 Å². The van der Waals surface area contributed by atoms with Gasteiger partial charge in [-0.25, -0.2) is 0 Å². The molecule has 0 saturated heterocycles. The van der Waals surface area contributed by atoms with Gasteiger partial charge in [-0.05, 0) is 23.7 Å². The number of aromatic nitrogens is 1. The van der Waals surface area contributed by atoms with Crippen LogP contribution in [0.2, 0.25) is 0 Å². The van der Waals surface area contributed by atoms with Crippen molar-refractivity contribution >= 4 is 16.6 Å². The van der Waals surface area contributed by atoms with Gasteiger partial charge in [0, 0.05) is 11.1 Å². The van der Waals surface area contributed by atoms with Crippen molar-refractivity contribution in [3.63, 3.8) is 0 Å². The summed E-state index contributed by atoms with van der Waals surface area (Å²) in [4.78, 5) is 14.9. The zero-order valence-electron chi connectivity index (χ0n) is 7.90. The molecule has 1 aromatic carbocycles. The van der Waals surface area contributed by atoms with E-state index in [2.05, 4.69) is 10.2 Å². The van der Waals surface area contributed by atoms with Gasteiger partial charge < -0.3 is 0 Å². The Morgan fingerprint density at radius 3 is 2.86 bits per heavy atom. The molecule has 0 aliphatic rings. The average Bonchev–Trinajstić information content (AvgIpc) is 2.27. The summed E-state index contributed by atoms with van der Waals surface area (Å²) in [5.41, 5.74) is 2.09. The minimum Gasteiger partial charge on any atom is -0.250 e. The summed E-state index contributed by atoms with van der Waals surface area (Å²) < 4.78 is 0. The van der Waals surface area contributed by atoms with Crippen LogP contribution in [0.5, 0.6) is 0 Å². The molecule has 0 fully saturated rings. The fourth-order valence-corrected chi connectivity index (χ4v) is 1.44. The molecule has 0 bridgehead atoms. The molecular weight excluding hydrogens is 176 g/mol. The fraction of sp³-hybridized carbons (Fsp3) is 0.182. The molecule has 0 unspecified atom stereocenters. The number of fused-ring (bicyclic) bond motifs is 1. The minimum atomic E-state index is 0.415. The first-order valence-corrected chi connectivity index (χ1v) is 4.57. The van der Waals surface area contributed by atoms with E-state index in [0.29, 0.717) is 11.2 Å². The van der Waals surface area contributed by atoms with Crippen molar-refractivity contribution in [3.05, 3.63) is 40.9 Å². The maximum Gasteiger partial charge on any atom is 0.134 e. The Morgan fingerprint density at radius 1 is 1.29 bits per heavy atom. The first-order chi connectivity index (χ1) is 6.85. The van der Waals surface area contributed by atoms with Gasteiger partial charge >= 0.3 is 0 Å². The third-order valence-electron chi connectivity index (χ3n) is 2.22. The van der Waals surface area contributed by atoms with Crippen LogP contribution in [0.1, 0.15) is 12.6 Å². The molecule has 3 nitrogen and oxygen atoms in total. The summed E-state index contributed by atoms with van der Waals surface area (Å²) >= 11 is 0. The van der Waals surface area contributed by atoms with Crippen LogP contribution in [0.25, 0.3) is 10.9 Å². The van der Waals surface area contributed by atoms with E-state index >= 15 is 0 Å². The van der Waals surface area contributed by atoms with Crippen molar-refractivity contribution in [2.24, 2.45) is 5.18 Å². The molecule has 0 atom stereocenters. The monoisotopic (exact) mass is 186 g/mol. The van der Waals surface area contributed by atoms with Crippen LogP contribution in [-0.2, 0) is 6.42 Å². The molecular formula is C11H10N2O. The SMILES string of the molecule is CCc1ccc2cccc(N=O)c2n1. The van der Waals surface area contributed by atoms with Crippen molar-refractivity contribution in [1.29, 1.82) is 0 Å². The highest BCUT2D eigenvalue weighted by Gasteiger charge is 2.02. The third kappa shape index (κ3) is 1.37. The van der Waals surface area contributed by atoms with Crippen molar-refractivity contribution in [2.45, 2.75) is 13.3 Å². The number of pyridine rings is 1. The number of benzene rings is 1. The number of aryl methyl sites for hydroxylation is 1. The molecule has 3 heteroatoms. The molecule has 0 amide bonds. The van der Waals surface area contributed by atoms with Crippen LogP contribution in [-0.4, -0.2) is 4.98 Å². The molecule has 1 heterocycles. The van der Waals surface area contributed by atoms with Crippen molar-refractivity contribution < 1.29 is 0 Å². The number of para-hydroxylation sites is 1. The molecule has 0 radical (unpaired) electrons. The highest BCUT2D eigenvalue weighted by Crippen LogP contribution is 2.23. The van der Waals surface area contributed by atoms with Gasteiger partial charge in [0.05, 0.1) is 5.52 Å². The predicted octanol–water partition coefficient (Wildman–Crippen LogP) is 3.20. The summed E-state index contributed by atoms with van der Waals surface area (Å²) in [5.74, 6) is 0. The Labute approximate surface area is 81.8 Å². The summed E-state index contributed by atoms with van der Waals surface area (Å²) in [6, 6.07) is 9.36. The number of nitroso groups, excluding NO2 is 1. The normalized spacial score (nSPS) is 10.4. The fourth-order valence-electron chi connectivity index (χ4n) is 1.44. The van der Waals surface area contributed by atoms with Gasteiger partial charge in [0.2, 0.25) is 0 Å². The highest BCUT2D eigenvalue weighted by molar-refractivity contribution is 5.88. The van der Waals surface area contributed by atoms with Crippen LogP contribution in [0.4, 0.5) is 5.69 Å². The van der Waals surface area contributed by atoms with E-state index in [1.54, 1.807) is 6.07 Å². The van der Waals surface area contributed by atoms with Gasteiger partial charge in [-0.3, -0.25) is 4.98 Å². The first kappa shape index (κ1) is 8.81. The molecule has 0 N–H and O–H groups in total. The first-order valence-electron chi connectivity index (χ1n) is 4.57. The van der Waals surface area contributed by atoms with Crippen molar-refractivity contribution in [3.8, 4) is 0 Å². The Morgan fingerprint density at radius 2 is 2.14 bits per heavy atom. The molecule has 0 aliphatic heterocycles. The topological polar surface area (TPSA) is 42.3 Å². The van der Waals surface area contributed by atoms with Gasteiger partial charge in [0.1, 0.15) is 5.69 Å². The largest absolute Gasteiger partial charge is 0.250 e. The number of rotatable bonds is 2. The van der Waals surface area contributed by atoms with E-state index in [1.165, 1.54) is 0 Å². The number of hydrogen-bond donors (Lipinski definition) is 0. The van der Waals surface area contributed by atoms with Crippen molar-refractivity contribution in [1.82, 2.24) is 4.98 Å². The van der Waals surface area contributed by atoms with Gasteiger partial charge in [-0.15, -0.1) is 4.91 Å². The zero-order chi connectivity index (χ0) is 9.97. The maximum atomic E-state index is 10.5. The summed E-state index contributed by atoms with van der Waals surface area (Å²) in [6.07, 6.45) is 0.864.